The number of hydrogen-bond acceptors (Lipinski definition) is 4. The zero-order chi connectivity index (χ0) is 13.4. The number of fused-ring (bicyclic) bond motifs is 1. The fraction of sp³-hybridized carbons (Fsp3) is 0.385. The lowest BCUT2D eigenvalue weighted by molar-refractivity contribution is 0.724. The van der Waals surface area contributed by atoms with E-state index < -0.39 is 0 Å². The lowest BCUT2D eigenvalue weighted by atomic mass is 10.0. The van der Waals surface area contributed by atoms with Crippen LogP contribution in [0.3, 0.4) is 0 Å². The molecule has 6 heteroatoms. The molecule has 2 aromatic rings. The van der Waals surface area contributed by atoms with Crippen LogP contribution in [-0.4, -0.2) is 15.9 Å². The van der Waals surface area contributed by atoms with Crippen LogP contribution in [0, 0.1) is 0 Å². The summed E-state index contributed by atoms with van der Waals surface area (Å²) in [7, 11) is 0. The third kappa shape index (κ3) is 2.51. The van der Waals surface area contributed by atoms with Gasteiger partial charge < -0.3 is 4.90 Å². The van der Waals surface area contributed by atoms with Crippen LogP contribution in [0.2, 0.25) is 5.02 Å². The minimum absolute atomic E-state index is 0.811. The Kier molecular flexibility index (Phi) is 3.78. The maximum absolute atomic E-state index is 6.32. The average Bonchev–Trinajstić information content (AvgIpc) is 2.91. The van der Waals surface area contributed by atoms with Crippen molar-refractivity contribution < 1.29 is 0 Å². The van der Waals surface area contributed by atoms with Crippen LogP contribution < -0.4 is 4.90 Å². The van der Waals surface area contributed by atoms with E-state index in [9.17, 15) is 0 Å². The third-order valence-electron chi connectivity index (χ3n) is 3.34. The number of anilines is 1. The second-order valence-electron chi connectivity index (χ2n) is 4.50. The van der Waals surface area contributed by atoms with Gasteiger partial charge in [0.2, 0.25) is 5.13 Å². The van der Waals surface area contributed by atoms with Gasteiger partial charge in [0.15, 0.2) is 0 Å². The Hall–Kier alpha value is -0.650. The molecule has 0 atom stereocenters. The molecule has 3 rings (SSSR count). The first kappa shape index (κ1) is 13.3. The number of aromatic nitrogens is 2. The lowest BCUT2D eigenvalue weighted by Crippen LogP contribution is -2.30. The Morgan fingerprint density at radius 2 is 2.26 bits per heavy atom. The molecule has 3 nitrogen and oxygen atoms in total. The summed E-state index contributed by atoms with van der Waals surface area (Å²) >= 11 is 11.4. The largest absolute Gasteiger partial charge is 0.342 e. The van der Waals surface area contributed by atoms with Crippen molar-refractivity contribution in [3.63, 3.8) is 0 Å². The van der Waals surface area contributed by atoms with Gasteiger partial charge in [-0.05, 0) is 29.7 Å². The smallest absolute Gasteiger partial charge is 0.205 e. The highest BCUT2D eigenvalue weighted by Gasteiger charge is 2.22. The van der Waals surface area contributed by atoms with Crippen LogP contribution in [-0.2, 0) is 19.4 Å². The summed E-state index contributed by atoms with van der Waals surface area (Å²) in [6.07, 6.45) is 1.87. The topological polar surface area (TPSA) is 29.0 Å². The van der Waals surface area contributed by atoms with Gasteiger partial charge in [0.25, 0.3) is 0 Å². The molecule has 2 heterocycles. The number of hydrogen-bond donors (Lipinski definition) is 0. The highest BCUT2D eigenvalue weighted by molar-refractivity contribution is 9.10. The normalized spacial score (nSPS) is 14.6. The predicted octanol–water partition coefficient (Wildman–Crippen LogP) is 4.08. The Morgan fingerprint density at radius 3 is 3.00 bits per heavy atom. The van der Waals surface area contributed by atoms with E-state index in [2.05, 4.69) is 37.1 Å². The van der Waals surface area contributed by atoms with Crippen LogP contribution in [0.4, 0.5) is 5.13 Å². The molecule has 0 radical (unpaired) electrons. The van der Waals surface area contributed by atoms with E-state index in [0.29, 0.717) is 0 Å². The summed E-state index contributed by atoms with van der Waals surface area (Å²) < 4.78 is 5.50. The number of halogens is 2. The summed E-state index contributed by atoms with van der Waals surface area (Å²) in [6, 6.07) is 3.97. The molecule has 0 spiro atoms. The minimum atomic E-state index is 0.811. The molecule has 1 aliphatic rings. The van der Waals surface area contributed by atoms with Crippen LogP contribution in [0.15, 0.2) is 16.6 Å². The Balaban J connectivity index is 1.91. The van der Waals surface area contributed by atoms with Crippen molar-refractivity contribution in [2.75, 3.05) is 11.4 Å². The molecule has 0 aliphatic carbocycles. The molecular weight excluding hydrogens is 346 g/mol. The van der Waals surface area contributed by atoms with Gasteiger partial charge in [0.05, 0.1) is 0 Å². The molecule has 0 N–H and O–H groups in total. The van der Waals surface area contributed by atoms with Gasteiger partial charge in [-0.15, -0.1) is 0 Å². The van der Waals surface area contributed by atoms with Gasteiger partial charge in [-0.2, -0.15) is 4.37 Å². The van der Waals surface area contributed by atoms with Crippen molar-refractivity contribution in [2.45, 2.75) is 26.3 Å². The fourth-order valence-corrected chi connectivity index (χ4v) is 3.85. The van der Waals surface area contributed by atoms with Crippen LogP contribution >= 0.6 is 39.1 Å². The molecule has 0 saturated carbocycles. The highest BCUT2D eigenvalue weighted by atomic mass is 79.9. The van der Waals surface area contributed by atoms with Crippen molar-refractivity contribution in [1.82, 2.24) is 9.36 Å². The molecule has 1 aliphatic heterocycles. The summed E-state index contributed by atoms with van der Waals surface area (Å²) in [4.78, 5) is 6.82. The maximum atomic E-state index is 6.32. The van der Waals surface area contributed by atoms with Gasteiger partial charge in [-0.3, -0.25) is 0 Å². The van der Waals surface area contributed by atoms with E-state index >= 15 is 0 Å². The number of aryl methyl sites for hydroxylation is 1. The maximum Gasteiger partial charge on any atom is 0.205 e. The first-order chi connectivity index (χ1) is 9.19. The fourth-order valence-electron chi connectivity index (χ4n) is 2.27. The van der Waals surface area contributed by atoms with Crippen LogP contribution in [0.25, 0.3) is 0 Å². The molecule has 0 unspecified atom stereocenters. The van der Waals surface area contributed by atoms with E-state index in [1.54, 1.807) is 0 Å². The molecular formula is C13H13BrClN3S. The quantitative estimate of drug-likeness (QED) is 0.810. The molecule has 1 aromatic heterocycles. The summed E-state index contributed by atoms with van der Waals surface area (Å²) in [5.74, 6) is 0.922. The van der Waals surface area contributed by atoms with Crippen molar-refractivity contribution >= 4 is 44.2 Å². The van der Waals surface area contributed by atoms with E-state index in [4.69, 9.17) is 11.6 Å². The lowest BCUT2D eigenvalue weighted by Gasteiger charge is -2.29. The van der Waals surface area contributed by atoms with Gasteiger partial charge in [-0.25, -0.2) is 4.98 Å². The number of benzene rings is 1. The number of rotatable bonds is 2. The second-order valence-corrected chi connectivity index (χ2v) is 6.50. The molecule has 0 amide bonds. The van der Waals surface area contributed by atoms with Gasteiger partial charge in [0.1, 0.15) is 5.82 Å². The van der Waals surface area contributed by atoms with Crippen molar-refractivity contribution in [2.24, 2.45) is 0 Å². The number of nitrogens with zero attached hydrogens (tertiary/aromatic N) is 3. The van der Waals surface area contributed by atoms with Crippen molar-refractivity contribution in [1.29, 1.82) is 0 Å². The van der Waals surface area contributed by atoms with Gasteiger partial charge >= 0.3 is 0 Å². The van der Waals surface area contributed by atoms with Crippen molar-refractivity contribution in [3.8, 4) is 0 Å². The second kappa shape index (κ2) is 5.38. The molecule has 1 aromatic carbocycles. The Labute approximate surface area is 129 Å². The average molecular weight is 359 g/mol. The first-order valence-electron chi connectivity index (χ1n) is 6.22. The zero-order valence-electron chi connectivity index (χ0n) is 10.5. The monoisotopic (exact) mass is 357 g/mol. The first-order valence-corrected chi connectivity index (χ1v) is 8.16. The van der Waals surface area contributed by atoms with Gasteiger partial charge in [-0.1, -0.05) is 34.5 Å². The molecule has 0 saturated heterocycles. The predicted molar refractivity (Wildman–Crippen MR) is 83.2 cm³/mol. The van der Waals surface area contributed by atoms with E-state index in [1.165, 1.54) is 22.7 Å². The molecule has 100 valence electrons. The van der Waals surface area contributed by atoms with Crippen LogP contribution in [0.1, 0.15) is 23.9 Å². The summed E-state index contributed by atoms with van der Waals surface area (Å²) in [6.45, 7) is 3.85. The van der Waals surface area contributed by atoms with Gasteiger partial charge in [0, 0.05) is 40.5 Å². The van der Waals surface area contributed by atoms with E-state index in [1.807, 2.05) is 12.1 Å². The summed E-state index contributed by atoms with van der Waals surface area (Å²) in [5.41, 5.74) is 2.53. The Bertz CT molecular complexity index is 614. The van der Waals surface area contributed by atoms with Crippen LogP contribution in [0.5, 0.6) is 0 Å². The standard InChI is InChI=1S/C13H13BrClN3S/c1-2-12-16-13(19-17-12)18-6-5-8-9(7-18)11(15)4-3-10(8)14/h3-4H,2,5-7H2,1H3. The van der Waals surface area contributed by atoms with E-state index in [-0.39, 0.29) is 0 Å². The molecule has 19 heavy (non-hydrogen) atoms. The molecule has 0 bridgehead atoms. The minimum Gasteiger partial charge on any atom is -0.342 e. The Morgan fingerprint density at radius 1 is 1.42 bits per heavy atom. The van der Waals surface area contributed by atoms with Crippen molar-refractivity contribution in [3.05, 3.63) is 38.6 Å². The highest BCUT2D eigenvalue weighted by Crippen LogP contribution is 2.34. The summed E-state index contributed by atoms with van der Waals surface area (Å²) in [5, 5.41) is 1.83. The van der Waals surface area contributed by atoms with E-state index in [0.717, 1.165) is 46.4 Å². The molecule has 0 fully saturated rings. The third-order valence-corrected chi connectivity index (χ3v) is 5.25. The SMILES string of the molecule is CCc1nsc(N2CCc3c(Br)ccc(Cl)c3C2)n1. The zero-order valence-corrected chi connectivity index (χ0v) is 13.6.